The summed E-state index contributed by atoms with van der Waals surface area (Å²) in [5.41, 5.74) is 3.60. The number of amides is 1. The molecule has 6 nitrogen and oxygen atoms in total. The van der Waals surface area contributed by atoms with Crippen molar-refractivity contribution in [2.75, 3.05) is 31.3 Å². The van der Waals surface area contributed by atoms with Crippen LogP contribution in [0.15, 0.2) is 22.5 Å². The van der Waals surface area contributed by atoms with Crippen LogP contribution in [0.5, 0.6) is 0 Å². The van der Waals surface area contributed by atoms with E-state index in [1.54, 1.807) is 7.11 Å². The second kappa shape index (κ2) is 9.74. The second-order valence-electron chi connectivity index (χ2n) is 5.71. The van der Waals surface area contributed by atoms with Gasteiger partial charge in [-0.3, -0.25) is 4.79 Å². The van der Waals surface area contributed by atoms with Gasteiger partial charge in [0.05, 0.1) is 18.4 Å². The highest BCUT2D eigenvalue weighted by molar-refractivity contribution is 8.01. The standard InChI is InChI=1S/C17H24N4O2S2/c1-11-5-6-14(9-12(11)2)13(3)19-15(22)10-24-17-21-20-16(25-17)18-7-8-23-4/h5-6,9,13H,7-8,10H2,1-4H3,(H,18,20)(H,19,22). The van der Waals surface area contributed by atoms with Crippen LogP contribution in [-0.4, -0.2) is 42.1 Å². The summed E-state index contributed by atoms with van der Waals surface area (Å²) in [5.74, 6) is 0.307. The molecule has 136 valence electrons. The van der Waals surface area contributed by atoms with Crippen LogP contribution in [0.4, 0.5) is 5.13 Å². The Bertz CT molecular complexity index is 706. The number of nitrogens with one attached hydrogen (secondary N) is 2. The summed E-state index contributed by atoms with van der Waals surface area (Å²) in [5, 5.41) is 15.0. The van der Waals surface area contributed by atoms with Gasteiger partial charge in [0.1, 0.15) is 0 Å². The molecule has 25 heavy (non-hydrogen) atoms. The molecule has 1 aromatic heterocycles. The monoisotopic (exact) mass is 380 g/mol. The minimum Gasteiger partial charge on any atom is -0.383 e. The Balaban J connectivity index is 1.79. The van der Waals surface area contributed by atoms with Crippen LogP contribution in [0.3, 0.4) is 0 Å². The van der Waals surface area contributed by atoms with Crippen LogP contribution in [0.2, 0.25) is 0 Å². The summed E-state index contributed by atoms with van der Waals surface area (Å²) < 4.78 is 5.74. The van der Waals surface area contributed by atoms with Crippen LogP contribution in [0, 0.1) is 13.8 Å². The number of hydrogen-bond acceptors (Lipinski definition) is 7. The lowest BCUT2D eigenvalue weighted by atomic mass is 10.0. The van der Waals surface area contributed by atoms with Gasteiger partial charge in [0.2, 0.25) is 11.0 Å². The Kier molecular flexibility index (Phi) is 7.67. The lowest BCUT2D eigenvalue weighted by molar-refractivity contribution is -0.119. The maximum atomic E-state index is 12.2. The van der Waals surface area contributed by atoms with Crippen molar-refractivity contribution in [3.05, 3.63) is 34.9 Å². The molecule has 1 heterocycles. The third-order valence-corrected chi connectivity index (χ3v) is 5.74. The molecular formula is C17H24N4O2S2. The van der Waals surface area contributed by atoms with Gasteiger partial charge >= 0.3 is 0 Å². The maximum absolute atomic E-state index is 12.2. The molecule has 1 aromatic carbocycles. The summed E-state index contributed by atoms with van der Waals surface area (Å²) in [6, 6.07) is 6.24. The first-order valence-corrected chi connectivity index (χ1v) is 9.85. The highest BCUT2D eigenvalue weighted by Gasteiger charge is 2.12. The molecule has 0 saturated carbocycles. The number of methoxy groups -OCH3 is 1. The van der Waals surface area contributed by atoms with Gasteiger partial charge in [-0.25, -0.2) is 0 Å². The highest BCUT2D eigenvalue weighted by Crippen LogP contribution is 2.25. The number of ether oxygens (including phenoxy) is 1. The summed E-state index contributed by atoms with van der Waals surface area (Å²) in [6.07, 6.45) is 0. The van der Waals surface area contributed by atoms with E-state index in [1.807, 2.05) is 6.92 Å². The van der Waals surface area contributed by atoms with E-state index in [1.165, 1.54) is 34.2 Å². The molecule has 0 saturated heterocycles. The summed E-state index contributed by atoms with van der Waals surface area (Å²) in [7, 11) is 1.65. The zero-order chi connectivity index (χ0) is 18.2. The molecule has 8 heteroatoms. The predicted molar refractivity (Wildman–Crippen MR) is 103 cm³/mol. The van der Waals surface area contributed by atoms with Gasteiger partial charge in [-0.05, 0) is 37.5 Å². The van der Waals surface area contributed by atoms with E-state index >= 15 is 0 Å². The number of aromatic nitrogens is 2. The Hall–Kier alpha value is -1.64. The van der Waals surface area contributed by atoms with E-state index in [0.717, 1.165) is 15.0 Å². The minimum atomic E-state index is -0.0203. The molecule has 0 fully saturated rings. The molecule has 2 rings (SSSR count). The highest BCUT2D eigenvalue weighted by atomic mass is 32.2. The van der Waals surface area contributed by atoms with Gasteiger partial charge < -0.3 is 15.4 Å². The van der Waals surface area contributed by atoms with Crippen molar-refractivity contribution in [2.45, 2.75) is 31.2 Å². The first-order chi connectivity index (χ1) is 12.0. The van der Waals surface area contributed by atoms with Crippen LogP contribution < -0.4 is 10.6 Å². The predicted octanol–water partition coefficient (Wildman–Crippen LogP) is 3.18. The molecule has 1 atom stereocenters. The van der Waals surface area contributed by atoms with Crippen molar-refractivity contribution in [1.82, 2.24) is 15.5 Å². The van der Waals surface area contributed by atoms with Gasteiger partial charge in [-0.15, -0.1) is 10.2 Å². The van der Waals surface area contributed by atoms with Gasteiger partial charge in [-0.2, -0.15) is 0 Å². The van der Waals surface area contributed by atoms with E-state index < -0.39 is 0 Å². The average Bonchev–Trinajstić information content (AvgIpc) is 3.03. The molecule has 2 aromatic rings. The number of thioether (sulfide) groups is 1. The number of carbonyl (C=O) groups is 1. The fraction of sp³-hybridized carbons (Fsp3) is 0.471. The number of rotatable bonds is 9. The number of anilines is 1. The van der Waals surface area contributed by atoms with E-state index in [2.05, 4.69) is 52.9 Å². The Labute approximate surface area is 156 Å². The molecule has 0 aliphatic rings. The van der Waals surface area contributed by atoms with E-state index in [9.17, 15) is 4.79 Å². The van der Waals surface area contributed by atoms with Gasteiger partial charge in [-0.1, -0.05) is 41.3 Å². The van der Waals surface area contributed by atoms with Gasteiger partial charge in [0, 0.05) is 13.7 Å². The summed E-state index contributed by atoms with van der Waals surface area (Å²) >= 11 is 2.83. The SMILES string of the molecule is COCCNc1nnc(SCC(=O)NC(C)c2ccc(C)c(C)c2)s1. The molecular weight excluding hydrogens is 356 g/mol. The third kappa shape index (κ3) is 6.30. The largest absolute Gasteiger partial charge is 0.383 e. The van der Waals surface area contributed by atoms with Crippen LogP contribution >= 0.6 is 23.1 Å². The first-order valence-electron chi connectivity index (χ1n) is 8.05. The van der Waals surface area contributed by atoms with Crippen LogP contribution in [0.1, 0.15) is 29.7 Å². The number of aryl methyl sites for hydroxylation is 2. The number of benzene rings is 1. The fourth-order valence-electron chi connectivity index (χ4n) is 2.13. The van der Waals surface area contributed by atoms with Crippen LogP contribution in [0.25, 0.3) is 0 Å². The zero-order valence-corrected chi connectivity index (χ0v) is 16.6. The van der Waals surface area contributed by atoms with Gasteiger partial charge in [0.15, 0.2) is 4.34 Å². The van der Waals surface area contributed by atoms with Crippen molar-refractivity contribution < 1.29 is 9.53 Å². The van der Waals surface area contributed by atoms with E-state index in [-0.39, 0.29) is 11.9 Å². The number of nitrogens with zero attached hydrogens (tertiary/aromatic N) is 2. The Morgan fingerprint density at radius 3 is 2.84 bits per heavy atom. The lowest BCUT2D eigenvalue weighted by Gasteiger charge is -2.15. The van der Waals surface area contributed by atoms with Crippen molar-refractivity contribution in [3.63, 3.8) is 0 Å². The zero-order valence-electron chi connectivity index (χ0n) is 15.0. The summed E-state index contributed by atoms with van der Waals surface area (Å²) in [4.78, 5) is 12.2. The second-order valence-corrected chi connectivity index (χ2v) is 7.91. The molecule has 1 unspecified atom stereocenters. The van der Waals surface area contributed by atoms with Crippen molar-refractivity contribution in [2.24, 2.45) is 0 Å². The number of carbonyl (C=O) groups excluding carboxylic acids is 1. The maximum Gasteiger partial charge on any atom is 0.230 e. The molecule has 0 spiro atoms. The van der Waals surface area contributed by atoms with Crippen LogP contribution in [-0.2, 0) is 9.53 Å². The Morgan fingerprint density at radius 1 is 1.32 bits per heavy atom. The molecule has 0 radical (unpaired) electrons. The van der Waals surface area contributed by atoms with E-state index in [4.69, 9.17) is 4.74 Å². The third-order valence-electron chi connectivity index (χ3n) is 3.72. The molecule has 1 amide bonds. The van der Waals surface area contributed by atoms with Gasteiger partial charge in [0.25, 0.3) is 0 Å². The minimum absolute atomic E-state index is 0.0141. The van der Waals surface area contributed by atoms with Crippen molar-refractivity contribution >= 4 is 34.1 Å². The van der Waals surface area contributed by atoms with E-state index in [0.29, 0.717) is 18.9 Å². The molecule has 2 N–H and O–H groups in total. The molecule has 0 aliphatic heterocycles. The lowest BCUT2D eigenvalue weighted by Crippen LogP contribution is -2.28. The normalized spacial score (nSPS) is 12.0. The quantitative estimate of drug-likeness (QED) is 0.514. The topological polar surface area (TPSA) is 76.1 Å². The van der Waals surface area contributed by atoms with Crippen molar-refractivity contribution in [1.29, 1.82) is 0 Å². The Morgan fingerprint density at radius 2 is 2.12 bits per heavy atom. The molecule has 0 aliphatic carbocycles. The van der Waals surface area contributed by atoms with Crippen molar-refractivity contribution in [3.8, 4) is 0 Å². The fourth-order valence-corrected chi connectivity index (χ4v) is 3.72. The molecule has 0 bridgehead atoms. The summed E-state index contributed by atoms with van der Waals surface area (Å²) in [6.45, 7) is 7.45. The smallest absolute Gasteiger partial charge is 0.230 e. The number of hydrogen-bond donors (Lipinski definition) is 2. The first kappa shape index (κ1) is 19.7. The average molecular weight is 381 g/mol.